The van der Waals surface area contributed by atoms with Gasteiger partial charge in [0, 0.05) is 16.9 Å². The summed E-state index contributed by atoms with van der Waals surface area (Å²) in [6.45, 7) is 0.769. The fourth-order valence-electron chi connectivity index (χ4n) is 3.12. The normalized spacial score (nSPS) is 34.8. The highest BCUT2D eigenvalue weighted by Crippen LogP contribution is 2.51. The van der Waals surface area contributed by atoms with E-state index in [4.69, 9.17) is 16.3 Å². The van der Waals surface area contributed by atoms with Crippen LogP contribution in [0.5, 0.6) is 0 Å². The second kappa shape index (κ2) is 4.01. The number of nitriles is 1. The molecule has 1 aliphatic heterocycles. The summed E-state index contributed by atoms with van der Waals surface area (Å²) in [6, 6.07) is 10.3. The first-order valence-corrected chi connectivity index (χ1v) is 6.42. The molecule has 1 saturated heterocycles. The third kappa shape index (κ3) is 1.66. The largest absolute Gasteiger partial charge is 0.359 e. The summed E-state index contributed by atoms with van der Waals surface area (Å²) >= 11 is 5.87. The fourth-order valence-corrected chi connectivity index (χ4v) is 3.25. The molecule has 1 aliphatic carbocycles. The van der Waals surface area contributed by atoms with Crippen molar-refractivity contribution in [1.82, 2.24) is 0 Å². The van der Waals surface area contributed by atoms with Crippen molar-refractivity contribution in [2.75, 3.05) is 6.61 Å². The molecule has 3 atom stereocenters. The number of nitrogens with zero attached hydrogens (tertiary/aromatic N) is 1. The minimum atomic E-state index is -0.486. The van der Waals surface area contributed by atoms with Crippen LogP contribution < -0.4 is 0 Å². The van der Waals surface area contributed by atoms with Gasteiger partial charge in [-0.2, -0.15) is 5.26 Å². The quantitative estimate of drug-likeness (QED) is 0.804. The van der Waals surface area contributed by atoms with Gasteiger partial charge in [-0.25, -0.2) is 0 Å². The summed E-state index contributed by atoms with van der Waals surface area (Å²) in [7, 11) is 0. The summed E-state index contributed by atoms with van der Waals surface area (Å²) < 4.78 is 5.61. The van der Waals surface area contributed by atoms with Crippen molar-refractivity contribution >= 4 is 11.6 Å². The molecule has 0 aromatic heterocycles. The van der Waals surface area contributed by atoms with E-state index >= 15 is 0 Å². The third-order valence-corrected chi connectivity index (χ3v) is 4.42. The van der Waals surface area contributed by atoms with E-state index in [9.17, 15) is 5.26 Å². The van der Waals surface area contributed by atoms with E-state index in [2.05, 4.69) is 6.07 Å². The second-order valence-electron chi connectivity index (χ2n) is 5.02. The van der Waals surface area contributed by atoms with E-state index < -0.39 is 5.60 Å². The average Bonchev–Trinajstić information content (AvgIpc) is 2.54. The molecular formula is C14H14ClNO. The summed E-state index contributed by atoms with van der Waals surface area (Å²) in [5.74, 6) is 0.803. The molecule has 2 nitrogen and oxygen atoms in total. The Balaban J connectivity index is 1.78. The molecular weight excluding hydrogens is 234 g/mol. The molecule has 0 bridgehead atoms. The predicted octanol–water partition coefficient (Wildman–Crippen LogP) is 3.20. The SMILES string of the molecule is N#C[C@@]12OC[C@@H]1CCC2Cc1ccc(Cl)cc1. The topological polar surface area (TPSA) is 33.0 Å². The molecule has 1 aromatic carbocycles. The van der Waals surface area contributed by atoms with E-state index in [1.807, 2.05) is 24.3 Å². The Hall–Kier alpha value is -1.04. The van der Waals surface area contributed by atoms with Crippen LogP contribution in [0, 0.1) is 23.2 Å². The van der Waals surface area contributed by atoms with Gasteiger partial charge in [0.1, 0.15) is 0 Å². The van der Waals surface area contributed by atoms with E-state index in [0.29, 0.717) is 11.8 Å². The molecule has 0 amide bonds. The molecule has 1 unspecified atom stereocenters. The Morgan fingerprint density at radius 2 is 2.12 bits per heavy atom. The zero-order valence-electron chi connectivity index (χ0n) is 9.53. The lowest BCUT2D eigenvalue weighted by Crippen LogP contribution is -2.53. The van der Waals surface area contributed by atoms with Crippen LogP contribution in [0.15, 0.2) is 24.3 Å². The zero-order valence-corrected chi connectivity index (χ0v) is 10.3. The van der Waals surface area contributed by atoms with Gasteiger partial charge in [0.15, 0.2) is 5.60 Å². The molecule has 3 heteroatoms. The molecule has 0 N–H and O–H groups in total. The number of rotatable bonds is 2. The van der Waals surface area contributed by atoms with Crippen molar-refractivity contribution in [2.24, 2.45) is 11.8 Å². The van der Waals surface area contributed by atoms with Gasteiger partial charge in [-0.15, -0.1) is 0 Å². The van der Waals surface area contributed by atoms with Gasteiger partial charge in [-0.1, -0.05) is 23.7 Å². The Kier molecular flexibility index (Phi) is 2.61. The number of ether oxygens (including phenoxy) is 1. The molecule has 17 heavy (non-hydrogen) atoms. The van der Waals surface area contributed by atoms with Crippen molar-refractivity contribution in [3.8, 4) is 6.07 Å². The first kappa shape index (κ1) is 11.1. The maximum atomic E-state index is 9.34. The van der Waals surface area contributed by atoms with Crippen LogP contribution >= 0.6 is 11.6 Å². The van der Waals surface area contributed by atoms with E-state index in [-0.39, 0.29) is 0 Å². The van der Waals surface area contributed by atoms with Gasteiger partial charge in [-0.05, 0) is 37.0 Å². The number of hydrogen-bond acceptors (Lipinski definition) is 2. The maximum absolute atomic E-state index is 9.34. The Morgan fingerprint density at radius 1 is 1.35 bits per heavy atom. The average molecular weight is 248 g/mol. The minimum Gasteiger partial charge on any atom is -0.359 e. The van der Waals surface area contributed by atoms with Crippen LogP contribution in [0.2, 0.25) is 5.02 Å². The van der Waals surface area contributed by atoms with Gasteiger partial charge >= 0.3 is 0 Å². The number of halogens is 1. The van der Waals surface area contributed by atoms with E-state index in [1.165, 1.54) is 5.56 Å². The predicted molar refractivity (Wildman–Crippen MR) is 65.7 cm³/mol. The van der Waals surface area contributed by atoms with Gasteiger partial charge in [-0.3, -0.25) is 0 Å². The van der Waals surface area contributed by atoms with Crippen molar-refractivity contribution in [1.29, 1.82) is 5.26 Å². The van der Waals surface area contributed by atoms with Crippen molar-refractivity contribution in [3.63, 3.8) is 0 Å². The lowest BCUT2D eigenvalue weighted by molar-refractivity contribution is -0.169. The molecule has 1 heterocycles. The summed E-state index contributed by atoms with van der Waals surface area (Å²) in [5, 5.41) is 10.1. The van der Waals surface area contributed by atoms with Crippen LogP contribution in [0.3, 0.4) is 0 Å². The monoisotopic (exact) mass is 247 g/mol. The fraction of sp³-hybridized carbons (Fsp3) is 0.500. The molecule has 1 saturated carbocycles. The Bertz CT molecular complexity index is 464. The highest BCUT2D eigenvalue weighted by Gasteiger charge is 2.58. The smallest absolute Gasteiger partial charge is 0.162 e. The molecule has 88 valence electrons. The minimum absolute atomic E-state index is 0.340. The number of hydrogen-bond donors (Lipinski definition) is 0. The summed E-state index contributed by atoms with van der Waals surface area (Å²) in [6.07, 6.45) is 3.15. The molecule has 0 radical (unpaired) electrons. The Morgan fingerprint density at radius 3 is 2.71 bits per heavy atom. The number of fused-ring (bicyclic) bond motifs is 1. The first-order valence-electron chi connectivity index (χ1n) is 6.04. The maximum Gasteiger partial charge on any atom is 0.162 e. The summed E-state index contributed by atoms with van der Waals surface area (Å²) in [4.78, 5) is 0. The van der Waals surface area contributed by atoms with Crippen molar-refractivity contribution in [2.45, 2.75) is 24.9 Å². The standard InChI is InChI=1S/C14H14ClNO/c15-13-5-1-10(2-6-13)7-11-3-4-12-8-17-14(11,12)9-16/h1-2,5-6,11-12H,3-4,7-8H2/t11?,12-,14-/m0/s1. The molecule has 1 aromatic rings. The zero-order chi connectivity index (χ0) is 11.9. The van der Waals surface area contributed by atoms with Crippen LogP contribution in [0.1, 0.15) is 18.4 Å². The molecule has 2 fully saturated rings. The first-order chi connectivity index (χ1) is 8.24. The van der Waals surface area contributed by atoms with Crippen LogP contribution in [0.25, 0.3) is 0 Å². The van der Waals surface area contributed by atoms with Gasteiger partial charge in [0.2, 0.25) is 0 Å². The van der Waals surface area contributed by atoms with Gasteiger partial charge in [0.05, 0.1) is 12.7 Å². The van der Waals surface area contributed by atoms with Crippen LogP contribution in [-0.2, 0) is 11.2 Å². The number of benzene rings is 1. The molecule has 2 aliphatic rings. The van der Waals surface area contributed by atoms with Crippen molar-refractivity contribution < 1.29 is 4.74 Å². The van der Waals surface area contributed by atoms with E-state index in [0.717, 1.165) is 30.9 Å². The van der Waals surface area contributed by atoms with Crippen LogP contribution in [-0.4, -0.2) is 12.2 Å². The second-order valence-corrected chi connectivity index (χ2v) is 5.45. The molecule has 0 spiro atoms. The lowest BCUT2D eigenvalue weighted by Gasteiger charge is -2.42. The van der Waals surface area contributed by atoms with Gasteiger partial charge < -0.3 is 4.74 Å². The van der Waals surface area contributed by atoms with Crippen molar-refractivity contribution in [3.05, 3.63) is 34.9 Å². The summed E-state index contributed by atoms with van der Waals surface area (Å²) in [5.41, 5.74) is 0.754. The molecule has 3 rings (SSSR count). The van der Waals surface area contributed by atoms with E-state index in [1.54, 1.807) is 0 Å². The highest BCUT2D eigenvalue weighted by atomic mass is 35.5. The van der Waals surface area contributed by atoms with Gasteiger partial charge in [0.25, 0.3) is 0 Å². The third-order valence-electron chi connectivity index (χ3n) is 4.17. The highest BCUT2D eigenvalue weighted by molar-refractivity contribution is 6.30. The Labute approximate surface area is 106 Å². The van der Waals surface area contributed by atoms with Crippen LogP contribution in [0.4, 0.5) is 0 Å². The lowest BCUT2D eigenvalue weighted by atomic mass is 9.78.